The van der Waals surface area contributed by atoms with Gasteiger partial charge in [0.25, 0.3) is 11.7 Å². The summed E-state index contributed by atoms with van der Waals surface area (Å²) in [4.78, 5) is 31.6. The van der Waals surface area contributed by atoms with Crippen molar-refractivity contribution in [3.63, 3.8) is 0 Å². The van der Waals surface area contributed by atoms with Crippen LogP contribution in [0.2, 0.25) is 5.02 Å². The number of aromatic nitrogens is 2. The van der Waals surface area contributed by atoms with Gasteiger partial charge in [-0.25, -0.2) is 4.98 Å². The van der Waals surface area contributed by atoms with Gasteiger partial charge in [0.1, 0.15) is 11.5 Å². The highest BCUT2D eigenvalue weighted by molar-refractivity contribution is 6.46. The van der Waals surface area contributed by atoms with Crippen LogP contribution in [0.15, 0.2) is 72.8 Å². The predicted octanol–water partition coefficient (Wildman–Crippen LogP) is 4.06. The number of aryl methyl sites for hydroxylation is 1. The van der Waals surface area contributed by atoms with Gasteiger partial charge in [0.2, 0.25) is 0 Å². The molecule has 0 saturated carbocycles. The number of rotatable bonds is 7. The highest BCUT2D eigenvalue weighted by Gasteiger charge is 2.45. The molecule has 2 heterocycles. The molecular weight excluding hydrogens is 430 g/mol. The van der Waals surface area contributed by atoms with Gasteiger partial charge in [-0.05, 0) is 36.2 Å². The number of halogens is 1. The van der Waals surface area contributed by atoms with E-state index in [9.17, 15) is 14.7 Å². The third kappa shape index (κ3) is 4.24. The fraction of sp³-hybridized carbons (Fsp3) is 0.208. The Morgan fingerprint density at radius 1 is 1.16 bits per heavy atom. The summed E-state index contributed by atoms with van der Waals surface area (Å²) in [6.07, 6.45) is 5.84. The monoisotopic (exact) mass is 451 g/mol. The maximum atomic E-state index is 13.1. The number of ketones is 1. The molecule has 7 nitrogen and oxygen atoms in total. The smallest absolute Gasteiger partial charge is 0.295 e. The van der Waals surface area contributed by atoms with Crippen LogP contribution in [-0.4, -0.2) is 44.9 Å². The summed E-state index contributed by atoms with van der Waals surface area (Å²) in [6, 6.07) is 13.0. The first-order chi connectivity index (χ1) is 15.5. The molecule has 164 valence electrons. The number of Topliss-reactive ketones (excluding diaryl/α,β-unsaturated/α-hetero) is 1. The quantitative estimate of drug-likeness (QED) is 0.332. The maximum Gasteiger partial charge on any atom is 0.295 e. The standard InChI is InChI=1S/C24H22ClN3O4/c1-32-19-8-3-6-17(14-19)22(29)20-21(16-5-2-7-18(25)13-16)28(24(31)23(20)30)11-4-10-27-12-9-26-15-27/h2-3,5-9,12-15,21,29H,4,10-11H2,1H3/t21-/m1/s1. The van der Waals surface area contributed by atoms with Gasteiger partial charge in [0, 0.05) is 36.1 Å². The van der Waals surface area contributed by atoms with E-state index < -0.39 is 17.7 Å². The number of hydrogen-bond acceptors (Lipinski definition) is 5. The summed E-state index contributed by atoms with van der Waals surface area (Å²) < 4.78 is 7.14. The van der Waals surface area contributed by atoms with E-state index in [1.807, 2.05) is 10.8 Å². The number of amides is 1. The summed E-state index contributed by atoms with van der Waals surface area (Å²) in [7, 11) is 1.52. The molecule has 8 heteroatoms. The van der Waals surface area contributed by atoms with E-state index in [0.717, 1.165) is 0 Å². The molecular formula is C24H22ClN3O4. The van der Waals surface area contributed by atoms with Crippen molar-refractivity contribution in [2.75, 3.05) is 13.7 Å². The Labute approximate surface area is 190 Å². The molecule has 0 aliphatic carbocycles. The van der Waals surface area contributed by atoms with Crippen molar-refractivity contribution in [2.45, 2.75) is 19.0 Å². The van der Waals surface area contributed by atoms with Crippen LogP contribution in [0.25, 0.3) is 5.76 Å². The molecule has 0 bridgehead atoms. The average molecular weight is 452 g/mol. The zero-order valence-electron chi connectivity index (χ0n) is 17.4. The second-order valence-corrected chi connectivity index (χ2v) is 7.87. The Balaban J connectivity index is 1.75. The van der Waals surface area contributed by atoms with Gasteiger partial charge in [-0.2, -0.15) is 0 Å². The SMILES string of the molecule is COc1cccc(C(O)=C2C(=O)C(=O)N(CCCn3ccnc3)[C@@H]2c2cccc(Cl)c2)c1. The number of hydrogen-bond donors (Lipinski definition) is 1. The Morgan fingerprint density at radius 3 is 2.69 bits per heavy atom. The molecule has 1 aromatic heterocycles. The molecule has 2 aromatic carbocycles. The molecule has 0 unspecified atom stereocenters. The van der Waals surface area contributed by atoms with Gasteiger partial charge in [-0.15, -0.1) is 0 Å². The number of imidazole rings is 1. The van der Waals surface area contributed by atoms with Crippen LogP contribution >= 0.6 is 11.6 Å². The van der Waals surface area contributed by atoms with Crippen LogP contribution in [0.3, 0.4) is 0 Å². The number of ether oxygens (including phenoxy) is 1. The highest BCUT2D eigenvalue weighted by Crippen LogP contribution is 2.40. The maximum absolute atomic E-state index is 13.1. The molecule has 1 saturated heterocycles. The van der Waals surface area contributed by atoms with Crippen molar-refractivity contribution in [1.29, 1.82) is 0 Å². The first-order valence-electron chi connectivity index (χ1n) is 10.1. The Bertz CT molecular complexity index is 1170. The zero-order valence-corrected chi connectivity index (χ0v) is 18.2. The van der Waals surface area contributed by atoms with Gasteiger partial charge in [0.15, 0.2) is 0 Å². The zero-order chi connectivity index (χ0) is 22.7. The number of carbonyl (C=O) groups is 2. The number of methoxy groups -OCH3 is 1. The van der Waals surface area contributed by atoms with Gasteiger partial charge in [-0.3, -0.25) is 9.59 Å². The highest BCUT2D eigenvalue weighted by atomic mass is 35.5. The lowest BCUT2D eigenvalue weighted by Gasteiger charge is -2.25. The summed E-state index contributed by atoms with van der Waals surface area (Å²) in [6.45, 7) is 0.968. The normalized spacial score (nSPS) is 17.7. The Hall–Kier alpha value is -3.58. The van der Waals surface area contributed by atoms with E-state index in [-0.39, 0.29) is 11.3 Å². The number of nitrogens with zero attached hydrogens (tertiary/aromatic N) is 3. The van der Waals surface area contributed by atoms with Crippen molar-refractivity contribution in [1.82, 2.24) is 14.5 Å². The lowest BCUT2D eigenvalue weighted by molar-refractivity contribution is -0.139. The van der Waals surface area contributed by atoms with Gasteiger partial charge >= 0.3 is 0 Å². The molecule has 1 amide bonds. The second kappa shape index (κ2) is 9.28. The third-order valence-corrected chi connectivity index (χ3v) is 5.66. The lowest BCUT2D eigenvalue weighted by Crippen LogP contribution is -2.31. The molecule has 4 rings (SSSR count). The molecule has 0 spiro atoms. The summed E-state index contributed by atoms with van der Waals surface area (Å²) in [5.74, 6) is -1.09. The molecule has 1 aliphatic rings. The second-order valence-electron chi connectivity index (χ2n) is 7.43. The predicted molar refractivity (Wildman–Crippen MR) is 120 cm³/mol. The van der Waals surface area contributed by atoms with E-state index in [2.05, 4.69) is 4.98 Å². The van der Waals surface area contributed by atoms with Crippen LogP contribution in [0, 0.1) is 0 Å². The van der Waals surface area contributed by atoms with Gasteiger partial charge in [-0.1, -0.05) is 35.9 Å². The average Bonchev–Trinajstić information content (AvgIpc) is 3.41. The number of aliphatic hydroxyl groups excluding tert-OH is 1. The minimum absolute atomic E-state index is 0.0353. The molecule has 1 fully saturated rings. The van der Waals surface area contributed by atoms with Crippen LogP contribution in [-0.2, 0) is 16.1 Å². The van der Waals surface area contributed by atoms with Crippen LogP contribution in [0.4, 0.5) is 0 Å². The lowest BCUT2D eigenvalue weighted by atomic mass is 9.95. The van der Waals surface area contributed by atoms with Crippen LogP contribution < -0.4 is 4.74 Å². The van der Waals surface area contributed by atoms with E-state index in [1.54, 1.807) is 61.1 Å². The number of likely N-dealkylation sites (tertiary alicyclic amines) is 1. The fourth-order valence-electron chi connectivity index (χ4n) is 3.90. The summed E-state index contributed by atoms with van der Waals surface area (Å²) >= 11 is 6.21. The van der Waals surface area contributed by atoms with Crippen molar-refractivity contribution >= 4 is 29.1 Å². The summed E-state index contributed by atoms with van der Waals surface area (Å²) in [5, 5.41) is 11.6. The molecule has 1 aliphatic heterocycles. The van der Waals surface area contributed by atoms with E-state index in [0.29, 0.717) is 41.4 Å². The topological polar surface area (TPSA) is 84.7 Å². The first-order valence-corrected chi connectivity index (χ1v) is 10.5. The van der Waals surface area contributed by atoms with Crippen molar-refractivity contribution in [2.24, 2.45) is 0 Å². The summed E-state index contributed by atoms with van der Waals surface area (Å²) in [5.41, 5.74) is 1.09. The number of carbonyl (C=O) groups excluding carboxylic acids is 2. The Kier molecular flexibility index (Phi) is 6.28. The molecule has 3 aromatic rings. The van der Waals surface area contributed by atoms with Crippen LogP contribution in [0.1, 0.15) is 23.6 Å². The number of aliphatic hydroxyl groups is 1. The molecule has 1 N–H and O–H groups in total. The van der Waals surface area contributed by atoms with Crippen LogP contribution in [0.5, 0.6) is 5.75 Å². The van der Waals surface area contributed by atoms with Crippen molar-refractivity contribution in [3.05, 3.63) is 89.0 Å². The van der Waals surface area contributed by atoms with E-state index >= 15 is 0 Å². The fourth-order valence-corrected chi connectivity index (χ4v) is 4.10. The largest absolute Gasteiger partial charge is 0.507 e. The van der Waals surface area contributed by atoms with Crippen molar-refractivity contribution in [3.8, 4) is 5.75 Å². The van der Waals surface area contributed by atoms with Gasteiger partial charge < -0.3 is 19.3 Å². The van der Waals surface area contributed by atoms with E-state index in [1.165, 1.54) is 12.0 Å². The van der Waals surface area contributed by atoms with Gasteiger partial charge in [0.05, 0.1) is 25.1 Å². The Morgan fingerprint density at radius 2 is 1.97 bits per heavy atom. The molecule has 32 heavy (non-hydrogen) atoms. The minimum atomic E-state index is -0.748. The van der Waals surface area contributed by atoms with Crippen molar-refractivity contribution < 1.29 is 19.4 Å². The molecule has 1 atom stereocenters. The number of benzene rings is 2. The minimum Gasteiger partial charge on any atom is -0.507 e. The first kappa shape index (κ1) is 21.6. The molecule has 0 radical (unpaired) electrons. The third-order valence-electron chi connectivity index (χ3n) is 5.42. The van der Waals surface area contributed by atoms with E-state index in [4.69, 9.17) is 16.3 Å².